The van der Waals surface area contributed by atoms with Crippen molar-refractivity contribution in [1.29, 1.82) is 5.26 Å². The molecule has 0 heterocycles. The van der Waals surface area contributed by atoms with Gasteiger partial charge in [-0.1, -0.05) is 36.7 Å². The average molecular weight is 541 g/mol. The summed E-state index contributed by atoms with van der Waals surface area (Å²) in [6, 6.07) is 20.2. The first-order valence-corrected chi connectivity index (χ1v) is 14.7. The summed E-state index contributed by atoms with van der Waals surface area (Å²) < 4.78 is 19.5. The smallest absolute Gasteiger partial charge is 0.192 e. The number of aliphatic hydroxyl groups is 1. The maximum atomic E-state index is 9.59. The normalized spacial score (nSPS) is 11.7. The Hall–Kier alpha value is -2.63. The minimum absolute atomic E-state index is 0.0757. The van der Waals surface area contributed by atoms with Gasteiger partial charge >= 0.3 is 0 Å². The van der Waals surface area contributed by atoms with Crippen LogP contribution in [0.5, 0.6) is 23.0 Å². The van der Waals surface area contributed by atoms with Gasteiger partial charge in [-0.2, -0.15) is 5.26 Å². The fourth-order valence-electron chi connectivity index (χ4n) is 2.90. The second kappa shape index (κ2) is 10.7. The summed E-state index contributed by atoms with van der Waals surface area (Å²) in [4.78, 5) is 0. The van der Waals surface area contributed by atoms with Crippen molar-refractivity contribution in [2.24, 2.45) is 0 Å². The van der Waals surface area contributed by atoms with Gasteiger partial charge in [-0.05, 0) is 84.4 Å². The molecule has 0 atom stereocenters. The number of halogens is 1. The minimum atomic E-state index is -1.99. The zero-order chi connectivity index (χ0) is 24.9. The van der Waals surface area contributed by atoms with Crippen molar-refractivity contribution in [2.75, 3.05) is 0 Å². The maximum Gasteiger partial charge on any atom is 0.192 e. The van der Waals surface area contributed by atoms with Gasteiger partial charge in [0, 0.05) is 10.0 Å². The van der Waals surface area contributed by atoms with Crippen molar-refractivity contribution in [1.82, 2.24) is 0 Å². The van der Waals surface area contributed by atoms with Crippen LogP contribution in [0.3, 0.4) is 0 Å². The van der Waals surface area contributed by atoms with E-state index in [1.54, 1.807) is 24.3 Å². The highest BCUT2D eigenvalue weighted by Gasteiger charge is 2.37. The second-order valence-corrected chi connectivity index (χ2v) is 15.2. The first-order chi connectivity index (χ1) is 16.0. The Morgan fingerprint density at radius 1 is 0.882 bits per heavy atom. The number of benzene rings is 3. The predicted octanol–water partition coefficient (Wildman–Crippen LogP) is 7.92. The number of hydrogen-bond acceptors (Lipinski definition) is 5. The Morgan fingerprint density at radius 2 is 1.47 bits per heavy atom. The lowest BCUT2D eigenvalue weighted by Crippen LogP contribution is -2.40. The van der Waals surface area contributed by atoms with Crippen molar-refractivity contribution in [3.63, 3.8) is 0 Å². The van der Waals surface area contributed by atoms with Gasteiger partial charge in [0.25, 0.3) is 0 Å². The molecule has 3 rings (SSSR count). The molecule has 0 saturated carbocycles. The molecule has 3 aromatic rings. The summed E-state index contributed by atoms with van der Waals surface area (Å²) in [5.74, 6) is 2.58. The topological polar surface area (TPSA) is 71.7 Å². The summed E-state index contributed by atoms with van der Waals surface area (Å²) in [7, 11) is -1.99. The van der Waals surface area contributed by atoms with E-state index < -0.39 is 8.32 Å². The summed E-state index contributed by atoms with van der Waals surface area (Å²) in [6.07, 6.45) is 0. The lowest BCUT2D eigenvalue weighted by Gasteiger charge is -2.36. The number of rotatable bonds is 8. The zero-order valence-corrected chi connectivity index (χ0v) is 22.8. The summed E-state index contributed by atoms with van der Waals surface area (Å²) in [5, 5.41) is 18.7. The van der Waals surface area contributed by atoms with Crippen molar-refractivity contribution in [3.8, 4) is 29.1 Å². The summed E-state index contributed by atoms with van der Waals surface area (Å²) in [6.45, 7) is 11.4. The molecule has 0 spiro atoms. The maximum absolute atomic E-state index is 9.59. The summed E-state index contributed by atoms with van der Waals surface area (Å²) in [5.41, 5.74) is 2.19. The molecule has 0 amide bonds. The first-order valence-electron chi connectivity index (χ1n) is 11.0. The van der Waals surface area contributed by atoms with Crippen LogP contribution in [0.1, 0.15) is 37.5 Å². The highest BCUT2D eigenvalue weighted by molar-refractivity contribution is 9.10. The molecule has 0 unspecified atom stereocenters. The lowest BCUT2D eigenvalue weighted by molar-refractivity contribution is 0.271. The van der Waals surface area contributed by atoms with E-state index in [1.165, 1.54) is 0 Å². The molecule has 0 fully saturated rings. The Morgan fingerprint density at radius 3 is 2.09 bits per heavy atom. The van der Waals surface area contributed by atoms with Crippen LogP contribution in [-0.4, -0.2) is 13.4 Å². The van der Waals surface area contributed by atoms with Crippen molar-refractivity contribution < 1.29 is 19.0 Å². The minimum Gasteiger partial charge on any atom is -0.457 e. The molecule has 0 aliphatic heterocycles. The number of hydrogen-bond donors (Lipinski definition) is 1. The molecule has 1 N–H and O–H groups in total. The Bertz CT molecular complexity index is 1180. The number of nitrogens with zero attached hydrogens (tertiary/aromatic N) is 1. The van der Waals surface area contributed by atoms with Crippen LogP contribution in [0.2, 0.25) is 18.1 Å². The molecular weight excluding hydrogens is 510 g/mol. The third kappa shape index (κ3) is 6.48. The molecule has 0 bridgehead atoms. The fourth-order valence-corrected chi connectivity index (χ4v) is 4.22. The van der Waals surface area contributed by atoms with Crippen LogP contribution < -0.4 is 9.47 Å². The molecule has 0 radical (unpaired) electrons. The van der Waals surface area contributed by atoms with Crippen LogP contribution in [0.4, 0.5) is 0 Å². The molecular formula is C27H30BrNO4Si. The van der Waals surface area contributed by atoms with E-state index in [2.05, 4.69) is 55.9 Å². The number of ether oxygens (including phenoxy) is 2. The van der Waals surface area contributed by atoms with E-state index >= 15 is 0 Å². The van der Waals surface area contributed by atoms with E-state index in [-0.39, 0.29) is 11.6 Å². The molecule has 0 saturated heterocycles. The molecule has 178 valence electrons. The van der Waals surface area contributed by atoms with Crippen molar-refractivity contribution >= 4 is 24.2 Å². The first kappa shape index (κ1) is 26.0. The van der Waals surface area contributed by atoms with E-state index in [9.17, 15) is 5.11 Å². The monoisotopic (exact) mass is 539 g/mol. The standard InChI is InChI=1S/C27H30BrNO4Si/c1-27(2,3)34(4,5)31-18-21-15-23(32-22-8-6-19(16-29)7-9-22)11-13-26(21)33-24-10-12-25(28)20(14-24)17-30/h6-15,30H,17-18H2,1-5H3. The van der Waals surface area contributed by atoms with Crippen LogP contribution in [0, 0.1) is 11.3 Å². The largest absolute Gasteiger partial charge is 0.457 e. The molecule has 0 aliphatic carbocycles. The highest BCUT2D eigenvalue weighted by atomic mass is 79.9. The quantitative estimate of drug-likeness (QED) is 0.294. The molecule has 0 aliphatic rings. The van der Waals surface area contributed by atoms with Crippen LogP contribution in [-0.2, 0) is 17.6 Å². The van der Waals surface area contributed by atoms with Gasteiger partial charge in [0.1, 0.15) is 23.0 Å². The summed E-state index contributed by atoms with van der Waals surface area (Å²) >= 11 is 3.44. The molecule has 3 aromatic carbocycles. The van der Waals surface area contributed by atoms with Gasteiger partial charge in [0.15, 0.2) is 8.32 Å². The number of aliphatic hydroxyl groups excluding tert-OH is 1. The molecule has 34 heavy (non-hydrogen) atoms. The van der Waals surface area contributed by atoms with Gasteiger partial charge in [0.2, 0.25) is 0 Å². The zero-order valence-electron chi connectivity index (χ0n) is 20.2. The fraction of sp³-hybridized carbons (Fsp3) is 0.296. The van der Waals surface area contributed by atoms with Crippen LogP contribution in [0.15, 0.2) is 65.1 Å². The molecule has 5 nitrogen and oxygen atoms in total. The van der Waals surface area contributed by atoms with E-state index in [4.69, 9.17) is 19.2 Å². The van der Waals surface area contributed by atoms with Crippen LogP contribution in [0.25, 0.3) is 0 Å². The highest BCUT2D eigenvalue weighted by Crippen LogP contribution is 2.39. The molecule has 7 heteroatoms. The Labute approximate surface area is 211 Å². The van der Waals surface area contributed by atoms with E-state index in [0.29, 0.717) is 35.2 Å². The van der Waals surface area contributed by atoms with Gasteiger partial charge in [0.05, 0.1) is 24.8 Å². The Balaban J connectivity index is 1.91. The SMILES string of the molecule is CC(C)(C)[Si](C)(C)OCc1cc(Oc2ccc(C#N)cc2)ccc1Oc1ccc(Br)c(CO)c1. The van der Waals surface area contributed by atoms with Crippen molar-refractivity contribution in [2.45, 2.75) is 52.1 Å². The Kier molecular flexibility index (Phi) is 8.21. The third-order valence-corrected chi connectivity index (χ3v) is 11.3. The predicted molar refractivity (Wildman–Crippen MR) is 140 cm³/mol. The van der Waals surface area contributed by atoms with Gasteiger partial charge in [-0.15, -0.1) is 0 Å². The second-order valence-electron chi connectivity index (χ2n) is 9.57. The molecule has 0 aromatic heterocycles. The van der Waals surface area contributed by atoms with E-state index in [0.717, 1.165) is 15.6 Å². The average Bonchev–Trinajstić information content (AvgIpc) is 2.80. The van der Waals surface area contributed by atoms with Crippen molar-refractivity contribution in [3.05, 3.63) is 81.8 Å². The van der Waals surface area contributed by atoms with Gasteiger partial charge in [-0.25, -0.2) is 0 Å². The third-order valence-electron chi connectivity index (χ3n) is 6.06. The number of nitriles is 1. The van der Waals surface area contributed by atoms with Gasteiger partial charge < -0.3 is 19.0 Å². The van der Waals surface area contributed by atoms with E-state index in [1.807, 2.05) is 36.4 Å². The lowest BCUT2D eigenvalue weighted by atomic mass is 10.2. The van der Waals surface area contributed by atoms with Gasteiger partial charge in [-0.3, -0.25) is 0 Å². The van der Waals surface area contributed by atoms with Crippen LogP contribution >= 0.6 is 15.9 Å².